The summed E-state index contributed by atoms with van der Waals surface area (Å²) in [6.45, 7) is 8.36. The molecule has 6 rings (SSSR count). The molecule has 2 nitrogen and oxygen atoms in total. The molecule has 0 N–H and O–H groups in total. The summed E-state index contributed by atoms with van der Waals surface area (Å²) >= 11 is 0. The molecular weight excluding hydrogens is 427 g/mol. The zero-order valence-electron chi connectivity index (χ0n) is 20.7. The predicted octanol–water partition coefficient (Wildman–Crippen LogP) is 7.63. The van der Waals surface area contributed by atoms with E-state index >= 15 is 0 Å². The van der Waals surface area contributed by atoms with E-state index in [1.54, 1.807) is 0 Å². The number of rotatable bonds is 3. The van der Waals surface area contributed by atoms with Gasteiger partial charge in [-0.3, -0.25) is 0 Å². The van der Waals surface area contributed by atoms with Crippen LogP contribution in [0.4, 0.5) is 0 Å². The van der Waals surface area contributed by atoms with Crippen LogP contribution in [-0.4, -0.2) is 18.3 Å². The minimum atomic E-state index is -0.346. The van der Waals surface area contributed by atoms with Crippen molar-refractivity contribution in [2.75, 3.05) is 0 Å². The molecular formula is C32H29BO2. The summed E-state index contributed by atoms with van der Waals surface area (Å²) in [7, 11) is -0.346. The second-order valence-corrected chi connectivity index (χ2v) is 10.5. The predicted molar refractivity (Wildman–Crippen MR) is 148 cm³/mol. The highest BCUT2D eigenvalue weighted by Gasteiger charge is 2.51. The van der Waals surface area contributed by atoms with Gasteiger partial charge in [0.15, 0.2) is 0 Å². The Kier molecular flexibility index (Phi) is 5.10. The van der Waals surface area contributed by atoms with Gasteiger partial charge in [-0.05, 0) is 89.1 Å². The summed E-state index contributed by atoms with van der Waals surface area (Å²) in [6.07, 6.45) is 0. The lowest BCUT2D eigenvalue weighted by atomic mass is 9.78. The molecule has 1 aliphatic rings. The highest BCUT2D eigenvalue weighted by Crippen LogP contribution is 2.37. The maximum Gasteiger partial charge on any atom is 0.494 e. The summed E-state index contributed by atoms with van der Waals surface area (Å²) in [5, 5.41) is 4.93. The summed E-state index contributed by atoms with van der Waals surface area (Å²) in [5.74, 6) is 0. The van der Waals surface area contributed by atoms with Crippen LogP contribution in [0.3, 0.4) is 0 Å². The summed E-state index contributed by atoms with van der Waals surface area (Å²) in [5.41, 5.74) is 5.29. The van der Waals surface area contributed by atoms with Crippen LogP contribution in [0.25, 0.3) is 43.8 Å². The minimum Gasteiger partial charge on any atom is -0.399 e. The molecule has 1 fully saturated rings. The summed E-state index contributed by atoms with van der Waals surface area (Å²) in [4.78, 5) is 0. The minimum absolute atomic E-state index is 0.342. The summed E-state index contributed by atoms with van der Waals surface area (Å²) in [6, 6.07) is 37.1. The molecule has 172 valence electrons. The molecule has 0 atom stereocenters. The lowest BCUT2D eigenvalue weighted by Gasteiger charge is -2.32. The fourth-order valence-electron chi connectivity index (χ4n) is 4.91. The smallest absolute Gasteiger partial charge is 0.399 e. The highest BCUT2D eigenvalue weighted by atomic mass is 16.7. The van der Waals surface area contributed by atoms with Gasteiger partial charge in [-0.2, -0.15) is 0 Å². The standard InChI is InChI=1S/C32H29BO2/c1-31(2)32(3,4)35-33(34-31)28-18-17-25-19-24(15-16-26(25)21-28)23-11-7-12-27(20-23)30-14-8-10-22-9-5-6-13-29(22)30/h5-21H,1-4H3. The van der Waals surface area contributed by atoms with Crippen LogP contribution in [0.1, 0.15) is 27.7 Å². The number of fused-ring (bicyclic) bond motifs is 2. The molecule has 1 heterocycles. The normalized spacial score (nSPS) is 16.7. The molecule has 1 aliphatic heterocycles. The van der Waals surface area contributed by atoms with Gasteiger partial charge in [0.1, 0.15) is 0 Å². The molecule has 0 bridgehead atoms. The Morgan fingerprint density at radius 2 is 1.14 bits per heavy atom. The molecule has 5 aromatic carbocycles. The summed E-state index contributed by atoms with van der Waals surface area (Å²) < 4.78 is 12.5. The van der Waals surface area contributed by atoms with Crippen LogP contribution < -0.4 is 5.46 Å². The van der Waals surface area contributed by atoms with E-state index in [0.29, 0.717) is 0 Å². The molecule has 0 spiro atoms. The molecule has 5 aromatic rings. The van der Waals surface area contributed by atoms with E-state index in [-0.39, 0.29) is 18.3 Å². The Bertz CT molecular complexity index is 1550. The van der Waals surface area contributed by atoms with Crippen molar-refractivity contribution in [3.8, 4) is 22.3 Å². The SMILES string of the molecule is CC1(C)OB(c2ccc3cc(-c4cccc(-c5cccc6ccccc56)c4)ccc3c2)OC1(C)C. The first-order valence-corrected chi connectivity index (χ1v) is 12.3. The molecule has 0 aromatic heterocycles. The van der Waals surface area contributed by atoms with Crippen LogP contribution in [-0.2, 0) is 9.31 Å². The molecule has 0 unspecified atom stereocenters. The lowest BCUT2D eigenvalue weighted by molar-refractivity contribution is 0.00578. The number of hydrogen-bond acceptors (Lipinski definition) is 2. The quantitative estimate of drug-likeness (QED) is 0.260. The van der Waals surface area contributed by atoms with Gasteiger partial charge in [-0.25, -0.2) is 0 Å². The van der Waals surface area contributed by atoms with Crippen LogP contribution in [0.15, 0.2) is 103 Å². The first kappa shape index (κ1) is 22.1. The second-order valence-electron chi connectivity index (χ2n) is 10.5. The Morgan fingerprint density at radius 3 is 1.97 bits per heavy atom. The van der Waals surface area contributed by atoms with Gasteiger partial charge in [0.05, 0.1) is 11.2 Å². The van der Waals surface area contributed by atoms with Crippen molar-refractivity contribution in [1.82, 2.24) is 0 Å². The van der Waals surface area contributed by atoms with E-state index in [1.165, 1.54) is 43.8 Å². The third-order valence-electron chi connectivity index (χ3n) is 7.69. The first-order valence-electron chi connectivity index (χ1n) is 12.3. The zero-order chi connectivity index (χ0) is 24.2. The van der Waals surface area contributed by atoms with Crippen molar-refractivity contribution >= 4 is 34.1 Å². The third-order valence-corrected chi connectivity index (χ3v) is 7.69. The molecule has 1 saturated heterocycles. The first-order chi connectivity index (χ1) is 16.8. The van der Waals surface area contributed by atoms with E-state index in [1.807, 2.05) is 0 Å². The van der Waals surface area contributed by atoms with Crippen molar-refractivity contribution in [3.05, 3.63) is 103 Å². The second kappa shape index (κ2) is 8.08. The van der Waals surface area contributed by atoms with E-state index in [4.69, 9.17) is 9.31 Å². The van der Waals surface area contributed by atoms with Gasteiger partial charge >= 0.3 is 7.12 Å². The zero-order valence-corrected chi connectivity index (χ0v) is 20.7. The highest BCUT2D eigenvalue weighted by molar-refractivity contribution is 6.62. The van der Waals surface area contributed by atoms with Gasteiger partial charge in [0, 0.05) is 0 Å². The largest absolute Gasteiger partial charge is 0.494 e. The average molecular weight is 456 g/mol. The third kappa shape index (κ3) is 3.85. The van der Waals surface area contributed by atoms with E-state index in [0.717, 1.165) is 5.46 Å². The molecule has 0 radical (unpaired) electrons. The van der Waals surface area contributed by atoms with Crippen molar-refractivity contribution < 1.29 is 9.31 Å². The molecule has 0 aliphatic carbocycles. The topological polar surface area (TPSA) is 18.5 Å². The van der Waals surface area contributed by atoms with Crippen LogP contribution >= 0.6 is 0 Å². The Balaban J connectivity index is 1.35. The average Bonchev–Trinajstić information content (AvgIpc) is 3.09. The van der Waals surface area contributed by atoms with Crippen molar-refractivity contribution in [2.24, 2.45) is 0 Å². The monoisotopic (exact) mass is 456 g/mol. The van der Waals surface area contributed by atoms with E-state index in [2.05, 4.69) is 131 Å². The number of hydrogen-bond donors (Lipinski definition) is 0. The van der Waals surface area contributed by atoms with E-state index < -0.39 is 0 Å². The molecule has 0 saturated carbocycles. The van der Waals surface area contributed by atoms with Crippen LogP contribution in [0, 0.1) is 0 Å². The Labute approximate surface area is 207 Å². The van der Waals surface area contributed by atoms with Gasteiger partial charge in [0.25, 0.3) is 0 Å². The maximum absolute atomic E-state index is 6.26. The Hall–Kier alpha value is -3.40. The van der Waals surface area contributed by atoms with Gasteiger partial charge in [0.2, 0.25) is 0 Å². The van der Waals surface area contributed by atoms with Crippen molar-refractivity contribution in [2.45, 2.75) is 38.9 Å². The van der Waals surface area contributed by atoms with E-state index in [9.17, 15) is 0 Å². The molecule has 3 heteroatoms. The van der Waals surface area contributed by atoms with Crippen LogP contribution in [0.5, 0.6) is 0 Å². The molecule has 0 amide bonds. The fraction of sp³-hybridized carbons (Fsp3) is 0.188. The fourth-order valence-corrected chi connectivity index (χ4v) is 4.91. The van der Waals surface area contributed by atoms with Crippen LogP contribution in [0.2, 0.25) is 0 Å². The molecule has 35 heavy (non-hydrogen) atoms. The van der Waals surface area contributed by atoms with Gasteiger partial charge < -0.3 is 9.31 Å². The van der Waals surface area contributed by atoms with Crippen molar-refractivity contribution in [1.29, 1.82) is 0 Å². The lowest BCUT2D eigenvalue weighted by Crippen LogP contribution is -2.41. The van der Waals surface area contributed by atoms with Crippen molar-refractivity contribution in [3.63, 3.8) is 0 Å². The number of benzene rings is 5. The maximum atomic E-state index is 6.26. The van der Waals surface area contributed by atoms with Gasteiger partial charge in [-0.15, -0.1) is 0 Å². The Morgan fingerprint density at radius 1 is 0.514 bits per heavy atom. The van der Waals surface area contributed by atoms with Gasteiger partial charge in [-0.1, -0.05) is 91.0 Å².